The maximum Gasteiger partial charge on any atom is 0.141 e. The molecule has 2 N–H and O–H groups in total. The zero-order chi connectivity index (χ0) is 14.8. The Bertz CT molecular complexity index is 771. The van der Waals surface area contributed by atoms with Crippen LogP contribution in [-0.4, -0.2) is 4.98 Å². The van der Waals surface area contributed by atoms with Crippen LogP contribution in [0.3, 0.4) is 0 Å². The molecular weight excluding hydrogens is 307 g/mol. The van der Waals surface area contributed by atoms with Gasteiger partial charge >= 0.3 is 0 Å². The molecule has 0 bridgehead atoms. The fraction of sp³-hybridized carbons (Fsp3) is 0.0625. The van der Waals surface area contributed by atoms with Crippen LogP contribution in [0, 0.1) is 5.82 Å². The molecule has 0 amide bonds. The summed E-state index contributed by atoms with van der Waals surface area (Å²) in [5.41, 5.74) is 8.51. The number of nitrogens with two attached hydrogens (primary N) is 1. The minimum Gasteiger partial charge on any atom is -0.326 e. The first-order valence-electron chi connectivity index (χ1n) is 6.39. The lowest BCUT2D eigenvalue weighted by Crippen LogP contribution is -1.95. The van der Waals surface area contributed by atoms with E-state index in [1.165, 1.54) is 17.4 Å². The molecule has 0 aliphatic rings. The van der Waals surface area contributed by atoms with E-state index >= 15 is 0 Å². The van der Waals surface area contributed by atoms with Gasteiger partial charge in [-0.1, -0.05) is 41.9 Å². The third-order valence-corrected chi connectivity index (χ3v) is 4.51. The van der Waals surface area contributed by atoms with Gasteiger partial charge in [0.15, 0.2) is 0 Å². The maximum atomic E-state index is 13.3. The summed E-state index contributed by atoms with van der Waals surface area (Å²) in [6.45, 7) is 0.414. The summed E-state index contributed by atoms with van der Waals surface area (Å²) in [4.78, 5) is 5.65. The van der Waals surface area contributed by atoms with E-state index in [9.17, 15) is 4.39 Å². The van der Waals surface area contributed by atoms with Crippen LogP contribution in [0.15, 0.2) is 48.5 Å². The summed E-state index contributed by atoms with van der Waals surface area (Å²) in [7, 11) is 0. The molecule has 0 aliphatic carbocycles. The molecule has 3 aromatic rings. The molecule has 2 nitrogen and oxygen atoms in total. The van der Waals surface area contributed by atoms with Crippen LogP contribution in [0.5, 0.6) is 0 Å². The number of hydrogen-bond donors (Lipinski definition) is 1. The Hall–Kier alpha value is -1.75. The SMILES string of the molecule is NCc1sc(-c2ccc(F)c(Cl)c2)nc1-c1ccccc1. The molecule has 1 aromatic heterocycles. The Morgan fingerprint density at radius 2 is 1.86 bits per heavy atom. The second-order valence-corrected chi connectivity index (χ2v) is 5.98. The molecule has 0 atom stereocenters. The van der Waals surface area contributed by atoms with E-state index in [0.717, 1.165) is 26.7 Å². The Morgan fingerprint density at radius 3 is 2.52 bits per heavy atom. The normalized spacial score (nSPS) is 10.8. The van der Waals surface area contributed by atoms with Crippen LogP contribution in [0.25, 0.3) is 21.8 Å². The van der Waals surface area contributed by atoms with Gasteiger partial charge in [-0.15, -0.1) is 11.3 Å². The third-order valence-electron chi connectivity index (χ3n) is 3.10. The molecule has 3 rings (SSSR count). The number of benzene rings is 2. The van der Waals surface area contributed by atoms with Gasteiger partial charge in [0, 0.05) is 22.5 Å². The summed E-state index contributed by atoms with van der Waals surface area (Å²) in [5, 5.41) is 0.884. The second-order valence-electron chi connectivity index (χ2n) is 4.49. The van der Waals surface area contributed by atoms with Crippen molar-refractivity contribution in [3.63, 3.8) is 0 Å². The van der Waals surface area contributed by atoms with E-state index in [0.29, 0.717) is 6.54 Å². The fourth-order valence-electron chi connectivity index (χ4n) is 2.06. The van der Waals surface area contributed by atoms with Gasteiger partial charge in [-0.05, 0) is 18.2 Å². The number of nitrogens with zero attached hydrogens (tertiary/aromatic N) is 1. The van der Waals surface area contributed by atoms with Gasteiger partial charge in [-0.2, -0.15) is 0 Å². The van der Waals surface area contributed by atoms with Crippen LogP contribution in [0.1, 0.15) is 4.88 Å². The Morgan fingerprint density at radius 1 is 1.10 bits per heavy atom. The minimum atomic E-state index is -0.431. The average molecular weight is 319 g/mol. The Kier molecular flexibility index (Phi) is 4.01. The Labute approximate surface area is 131 Å². The van der Waals surface area contributed by atoms with Crippen molar-refractivity contribution in [3.8, 4) is 21.8 Å². The van der Waals surface area contributed by atoms with Gasteiger partial charge in [0.05, 0.1) is 10.7 Å². The summed E-state index contributed by atoms with van der Waals surface area (Å²) >= 11 is 7.34. The molecule has 0 saturated heterocycles. The molecule has 0 saturated carbocycles. The number of rotatable bonds is 3. The summed E-state index contributed by atoms with van der Waals surface area (Å²) in [5.74, 6) is -0.431. The average Bonchev–Trinajstić information content (AvgIpc) is 2.95. The standard InChI is InChI=1S/C16H12ClFN2S/c17-12-8-11(6-7-13(12)18)16-20-15(14(9-19)21-16)10-4-2-1-3-5-10/h1-8H,9,19H2. The lowest BCUT2D eigenvalue weighted by molar-refractivity contribution is 0.628. The highest BCUT2D eigenvalue weighted by molar-refractivity contribution is 7.15. The molecular formula is C16H12ClFN2S. The number of aromatic nitrogens is 1. The summed E-state index contributed by atoms with van der Waals surface area (Å²) < 4.78 is 13.3. The van der Waals surface area contributed by atoms with Crippen molar-refractivity contribution in [3.05, 3.63) is 64.2 Å². The smallest absolute Gasteiger partial charge is 0.141 e. The molecule has 1 heterocycles. The van der Waals surface area contributed by atoms with Crippen LogP contribution in [0.4, 0.5) is 4.39 Å². The highest BCUT2D eigenvalue weighted by Gasteiger charge is 2.14. The van der Waals surface area contributed by atoms with Crippen LogP contribution >= 0.6 is 22.9 Å². The van der Waals surface area contributed by atoms with Crippen molar-refractivity contribution >= 4 is 22.9 Å². The predicted octanol–water partition coefficient (Wildman–Crippen LogP) is 4.73. The van der Waals surface area contributed by atoms with Crippen molar-refractivity contribution in [2.45, 2.75) is 6.54 Å². The topological polar surface area (TPSA) is 38.9 Å². The van der Waals surface area contributed by atoms with Gasteiger partial charge in [0.1, 0.15) is 10.8 Å². The molecule has 106 valence electrons. The Balaban J connectivity index is 2.09. The van der Waals surface area contributed by atoms with E-state index in [2.05, 4.69) is 4.98 Å². The first-order chi connectivity index (χ1) is 10.2. The van der Waals surface area contributed by atoms with Gasteiger partial charge in [0.2, 0.25) is 0 Å². The van der Waals surface area contributed by atoms with E-state index < -0.39 is 5.82 Å². The molecule has 0 fully saturated rings. The number of thiazole rings is 1. The molecule has 5 heteroatoms. The van der Waals surface area contributed by atoms with Crippen molar-refractivity contribution in [1.82, 2.24) is 4.98 Å². The monoisotopic (exact) mass is 318 g/mol. The molecule has 0 unspecified atom stereocenters. The first kappa shape index (κ1) is 14.2. The van der Waals surface area contributed by atoms with Gasteiger partial charge in [0.25, 0.3) is 0 Å². The van der Waals surface area contributed by atoms with Crippen molar-refractivity contribution in [2.75, 3.05) is 0 Å². The van der Waals surface area contributed by atoms with Crippen LogP contribution in [-0.2, 0) is 6.54 Å². The van der Waals surface area contributed by atoms with E-state index in [4.69, 9.17) is 17.3 Å². The van der Waals surface area contributed by atoms with E-state index in [1.807, 2.05) is 30.3 Å². The molecule has 2 aromatic carbocycles. The van der Waals surface area contributed by atoms with Crippen LogP contribution in [0.2, 0.25) is 5.02 Å². The van der Waals surface area contributed by atoms with Crippen molar-refractivity contribution in [2.24, 2.45) is 5.73 Å². The molecule has 0 aliphatic heterocycles. The molecule has 21 heavy (non-hydrogen) atoms. The highest BCUT2D eigenvalue weighted by atomic mass is 35.5. The van der Waals surface area contributed by atoms with Crippen molar-refractivity contribution in [1.29, 1.82) is 0 Å². The first-order valence-corrected chi connectivity index (χ1v) is 7.59. The lowest BCUT2D eigenvalue weighted by atomic mass is 10.1. The highest BCUT2D eigenvalue weighted by Crippen LogP contribution is 2.34. The van der Waals surface area contributed by atoms with Gasteiger partial charge in [-0.25, -0.2) is 9.37 Å². The number of hydrogen-bond acceptors (Lipinski definition) is 3. The lowest BCUT2D eigenvalue weighted by Gasteiger charge is -1.99. The molecule has 0 radical (unpaired) electrons. The van der Waals surface area contributed by atoms with Crippen molar-refractivity contribution < 1.29 is 4.39 Å². The predicted molar refractivity (Wildman–Crippen MR) is 85.8 cm³/mol. The summed E-state index contributed by atoms with van der Waals surface area (Å²) in [6.07, 6.45) is 0. The zero-order valence-corrected chi connectivity index (χ0v) is 12.6. The van der Waals surface area contributed by atoms with Gasteiger partial charge < -0.3 is 5.73 Å². The second kappa shape index (κ2) is 5.93. The van der Waals surface area contributed by atoms with Gasteiger partial charge in [-0.3, -0.25) is 0 Å². The number of halogens is 2. The van der Waals surface area contributed by atoms with Crippen LogP contribution < -0.4 is 5.73 Å². The molecule has 0 spiro atoms. The fourth-order valence-corrected chi connectivity index (χ4v) is 3.20. The van der Waals surface area contributed by atoms with E-state index in [-0.39, 0.29) is 5.02 Å². The van der Waals surface area contributed by atoms with E-state index in [1.54, 1.807) is 12.1 Å². The minimum absolute atomic E-state index is 0.0956. The summed E-state index contributed by atoms with van der Waals surface area (Å²) in [6, 6.07) is 14.5. The largest absolute Gasteiger partial charge is 0.326 e. The zero-order valence-electron chi connectivity index (χ0n) is 11.0. The quantitative estimate of drug-likeness (QED) is 0.758. The maximum absolute atomic E-state index is 13.3. The third kappa shape index (κ3) is 2.83.